The highest BCUT2D eigenvalue weighted by molar-refractivity contribution is 7.89. The fraction of sp³-hybridized carbons (Fsp3) is 0.364. The Morgan fingerprint density at radius 2 is 1.82 bits per heavy atom. The summed E-state index contributed by atoms with van der Waals surface area (Å²) in [5, 5.41) is 5.19. The molecule has 2 N–H and O–H groups in total. The molecule has 0 amide bonds. The molecule has 6 heteroatoms. The summed E-state index contributed by atoms with van der Waals surface area (Å²) in [6.45, 7) is 1.77. The number of hydrogen-bond acceptors (Lipinski definition) is 3. The van der Waals surface area contributed by atoms with Gasteiger partial charge in [-0.15, -0.1) is 0 Å². The molecule has 17 heavy (non-hydrogen) atoms. The molecule has 0 spiro atoms. The summed E-state index contributed by atoms with van der Waals surface area (Å²) >= 11 is 5.34. The summed E-state index contributed by atoms with van der Waals surface area (Å²) in [7, 11) is -3.72. The average Bonchev–Trinajstić information content (AvgIpc) is 2.80. The smallest absolute Gasteiger partial charge is 0.238 e. The van der Waals surface area contributed by atoms with E-state index in [2.05, 4.69) is 0 Å². The molecule has 1 aliphatic heterocycles. The highest BCUT2D eigenvalue weighted by atomic mass is 32.2. The van der Waals surface area contributed by atoms with E-state index >= 15 is 0 Å². The van der Waals surface area contributed by atoms with Crippen LogP contribution in [0.1, 0.15) is 18.4 Å². The molecule has 0 radical (unpaired) electrons. The maximum atomic E-state index is 11.5. The minimum Gasteiger partial charge on any atom is -0.362 e. The Hall–Kier alpha value is -0.980. The third kappa shape index (κ3) is 2.65. The van der Waals surface area contributed by atoms with Gasteiger partial charge in [0.15, 0.2) is 0 Å². The fourth-order valence-corrected chi connectivity index (χ4v) is 3.15. The topological polar surface area (TPSA) is 63.4 Å². The van der Waals surface area contributed by atoms with E-state index in [1.54, 1.807) is 18.2 Å². The van der Waals surface area contributed by atoms with Gasteiger partial charge in [0, 0.05) is 18.7 Å². The lowest BCUT2D eigenvalue weighted by Crippen LogP contribution is -2.29. The van der Waals surface area contributed by atoms with Crippen LogP contribution < -0.4 is 5.14 Å². The second-order valence-corrected chi connectivity index (χ2v) is 5.96. The van der Waals surface area contributed by atoms with Crippen molar-refractivity contribution in [1.29, 1.82) is 0 Å². The molecule has 0 saturated carbocycles. The monoisotopic (exact) mass is 270 g/mol. The average molecular weight is 270 g/mol. The maximum Gasteiger partial charge on any atom is 0.238 e. The van der Waals surface area contributed by atoms with Gasteiger partial charge in [-0.25, -0.2) is 13.6 Å². The van der Waals surface area contributed by atoms with Crippen molar-refractivity contribution >= 4 is 27.2 Å². The van der Waals surface area contributed by atoms with E-state index < -0.39 is 10.0 Å². The molecule has 0 atom stereocenters. The molecule has 4 nitrogen and oxygen atoms in total. The van der Waals surface area contributed by atoms with Crippen LogP contribution in [0.15, 0.2) is 29.2 Å². The Kier molecular flexibility index (Phi) is 3.46. The van der Waals surface area contributed by atoms with Crippen molar-refractivity contribution in [1.82, 2.24) is 4.90 Å². The van der Waals surface area contributed by atoms with Crippen molar-refractivity contribution in [3.05, 3.63) is 29.8 Å². The van der Waals surface area contributed by atoms with Crippen LogP contribution in [0.2, 0.25) is 0 Å². The molecule has 1 aromatic carbocycles. The standard InChI is InChI=1S/C11H14N2O2S2/c12-17(14,15)10-6-2-1-5-9(10)11(16)13-7-3-4-8-13/h1-2,5-6H,3-4,7-8H2,(H2,12,14,15). The van der Waals surface area contributed by atoms with E-state index in [-0.39, 0.29) is 4.90 Å². The molecule has 0 bridgehead atoms. The quantitative estimate of drug-likeness (QED) is 0.818. The zero-order valence-corrected chi connectivity index (χ0v) is 10.9. The van der Waals surface area contributed by atoms with E-state index in [0.29, 0.717) is 10.6 Å². The van der Waals surface area contributed by atoms with Crippen LogP contribution in [0, 0.1) is 0 Å². The van der Waals surface area contributed by atoms with Crippen molar-refractivity contribution in [2.75, 3.05) is 13.1 Å². The molecule has 1 aromatic rings. The third-order valence-corrected chi connectivity index (χ3v) is 4.26. The summed E-state index contributed by atoms with van der Waals surface area (Å²) in [5.41, 5.74) is 0.534. The van der Waals surface area contributed by atoms with Gasteiger partial charge in [0.2, 0.25) is 10.0 Å². The molecule has 0 aliphatic carbocycles. The normalized spacial score (nSPS) is 16.2. The number of thiocarbonyl (C=S) groups is 1. The number of likely N-dealkylation sites (tertiary alicyclic amines) is 1. The Bertz CT molecular complexity index is 534. The van der Waals surface area contributed by atoms with Gasteiger partial charge in [-0.3, -0.25) is 0 Å². The molecule has 0 aromatic heterocycles. The van der Waals surface area contributed by atoms with E-state index in [0.717, 1.165) is 25.9 Å². The third-order valence-electron chi connectivity index (χ3n) is 2.82. The van der Waals surface area contributed by atoms with Crippen LogP contribution in [0.4, 0.5) is 0 Å². The lowest BCUT2D eigenvalue weighted by Gasteiger charge is -2.20. The zero-order chi connectivity index (χ0) is 12.5. The minimum atomic E-state index is -3.72. The van der Waals surface area contributed by atoms with Gasteiger partial charge in [0.05, 0.1) is 4.90 Å². The van der Waals surface area contributed by atoms with Crippen LogP contribution in [-0.2, 0) is 10.0 Å². The number of rotatable bonds is 2. The highest BCUT2D eigenvalue weighted by Gasteiger charge is 2.21. The Labute approximate surface area is 106 Å². The zero-order valence-electron chi connectivity index (χ0n) is 9.30. The number of nitrogens with zero attached hydrogens (tertiary/aromatic N) is 1. The molecule has 92 valence electrons. The first-order valence-corrected chi connectivity index (χ1v) is 7.37. The predicted molar refractivity (Wildman–Crippen MR) is 70.3 cm³/mol. The van der Waals surface area contributed by atoms with Gasteiger partial charge >= 0.3 is 0 Å². The summed E-state index contributed by atoms with van der Waals surface area (Å²) < 4.78 is 22.9. The maximum absolute atomic E-state index is 11.5. The van der Waals surface area contributed by atoms with E-state index in [1.807, 2.05) is 4.90 Å². The minimum absolute atomic E-state index is 0.108. The molecule has 1 aliphatic rings. The van der Waals surface area contributed by atoms with Gasteiger partial charge < -0.3 is 4.90 Å². The summed E-state index contributed by atoms with van der Waals surface area (Å²) in [4.78, 5) is 2.71. The largest absolute Gasteiger partial charge is 0.362 e. The number of hydrogen-bond donors (Lipinski definition) is 1. The molecular weight excluding hydrogens is 256 g/mol. The fourth-order valence-electron chi connectivity index (χ4n) is 1.98. The number of benzene rings is 1. The summed E-state index contributed by atoms with van der Waals surface area (Å²) in [6.07, 6.45) is 2.19. The molecule has 1 saturated heterocycles. The lowest BCUT2D eigenvalue weighted by atomic mass is 10.2. The van der Waals surface area contributed by atoms with Crippen LogP contribution in [0.5, 0.6) is 0 Å². The predicted octanol–water partition coefficient (Wildman–Crippen LogP) is 1.11. The van der Waals surface area contributed by atoms with E-state index in [9.17, 15) is 8.42 Å². The highest BCUT2D eigenvalue weighted by Crippen LogP contribution is 2.19. The summed E-state index contributed by atoms with van der Waals surface area (Å²) in [5.74, 6) is 0. The second-order valence-electron chi connectivity index (χ2n) is 4.04. The molecule has 1 fully saturated rings. The van der Waals surface area contributed by atoms with Gasteiger partial charge in [-0.2, -0.15) is 0 Å². The van der Waals surface area contributed by atoms with Gasteiger partial charge in [0.1, 0.15) is 4.99 Å². The van der Waals surface area contributed by atoms with Gasteiger partial charge in [-0.05, 0) is 18.9 Å². The van der Waals surface area contributed by atoms with Gasteiger partial charge in [0.25, 0.3) is 0 Å². The molecule has 1 heterocycles. The van der Waals surface area contributed by atoms with Crippen molar-refractivity contribution in [2.45, 2.75) is 17.7 Å². The number of primary sulfonamides is 1. The van der Waals surface area contributed by atoms with E-state index in [1.165, 1.54) is 6.07 Å². The van der Waals surface area contributed by atoms with Crippen molar-refractivity contribution in [3.8, 4) is 0 Å². The van der Waals surface area contributed by atoms with Crippen molar-refractivity contribution < 1.29 is 8.42 Å². The number of sulfonamides is 1. The van der Waals surface area contributed by atoms with E-state index in [4.69, 9.17) is 17.4 Å². The number of nitrogens with two attached hydrogens (primary N) is 1. The van der Waals surface area contributed by atoms with Gasteiger partial charge in [-0.1, -0.05) is 30.4 Å². The van der Waals surface area contributed by atoms with Crippen LogP contribution in [-0.4, -0.2) is 31.4 Å². The Morgan fingerprint density at radius 1 is 1.24 bits per heavy atom. The SMILES string of the molecule is NS(=O)(=O)c1ccccc1C(=S)N1CCCC1. The molecule has 0 unspecified atom stereocenters. The van der Waals surface area contributed by atoms with Crippen molar-refractivity contribution in [3.63, 3.8) is 0 Å². The van der Waals surface area contributed by atoms with Crippen molar-refractivity contribution in [2.24, 2.45) is 5.14 Å². The van der Waals surface area contributed by atoms with Crippen LogP contribution in [0.3, 0.4) is 0 Å². The first kappa shape index (κ1) is 12.5. The molecule has 2 rings (SSSR count). The second kappa shape index (κ2) is 4.72. The van der Waals surface area contributed by atoms with Crippen LogP contribution in [0.25, 0.3) is 0 Å². The Morgan fingerprint density at radius 3 is 2.41 bits per heavy atom. The Balaban J connectivity index is 2.41. The molecular formula is C11H14N2O2S2. The first-order valence-electron chi connectivity index (χ1n) is 5.41. The first-order chi connectivity index (χ1) is 8.00. The summed E-state index contributed by atoms with van der Waals surface area (Å²) in [6, 6.07) is 6.62. The van der Waals surface area contributed by atoms with Crippen LogP contribution >= 0.6 is 12.2 Å². The lowest BCUT2D eigenvalue weighted by molar-refractivity contribution is 0.529.